The van der Waals surface area contributed by atoms with Crippen molar-refractivity contribution in [2.45, 2.75) is 39.2 Å². The zero-order chi connectivity index (χ0) is 25.4. The van der Waals surface area contributed by atoms with Gasteiger partial charge in [-0.05, 0) is 49.9 Å². The summed E-state index contributed by atoms with van der Waals surface area (Å²) in [5, 5.41) is 21.2. The minimum atomic E-state index is -1.22. The number of nitrogens with zero attached hydrogens (tertiary/aromatic N) is 1. The number of nitrogens with one attached hydrogen (secondary N) is 3. The average Bonchev–Trinajstić information content (AvgIpc) is 3.40. The number of fused-ring (bicyclic) bond motifs is 3. The molecule has 182 valence electrons. The first-order valence-electron chi connectivity index (χ1n) is 11.2. The molecular formula is C26H28N4O5. The van der Waals surface area contributed by atoms with Gasteiger partial charge in [-0.2, -0.15) is 5.10 Å². The third kappa shape index (κ3) is 4.49. The summed E-state index contributed by atoms with van der Waals surface area (Å²) in [5.41, 5.74) is 2.28. The zero-order valence-corrected chi connectivity index (χ0v) is 20.0. The van der Waals surface area contributed by atoms with E-state index in [0.29, 0.717) is 0 Å². The fourth-order valence-corrected chi connectivity index (χ4v) is 4.02. The summed E-state index contributed by atoms with van der Waals surface area (Å²) in [7, 11) is 0. The number of aliphatic carboxylic acids is 1. The van der Waals surface area contributed by atoms with Crippen LogP contribution < -0.4 is 10.6 Å². The Labute approximate surface area is 202 Å². The predicted molar refractivity (Wildman–Crippen MR) is 130 cm³/mol. The van der Waals surface area contributed by atoms with Gasteiger partial charge in [-0.1, -0.05) is 48.5 Å². The van der Waals surface area contributed by atoms with Gasteiger partial charge in [0, 0.05) is 12.0 Å². The van der Waals surface area contributed by atoms with E-state index in [1.807, 2.05) is 36.4 Å². The molecule has 9 heteroatoms. The number of H-pyrrole nitrogens is 1. The number of carboxylic acids is 1. The van der Waals surface area contributed by atoms with E-state index in [1.165, 1.54) is 19.9 Å². The Hall–Kier alpha value is -4.14. The smallest absolute Gasteiger partial charge is 0.412 e. The van der Waals surface area contributed by atoms with Crippen LogP contribution in [-0.4, -0.2) is 45.4 Å². The maximum Gasteiger partial charge on any atom is 0.412 e. The molecule has 2 amide bonds. The van der Waals surface area contributed by atoms with Gasteiger partial charge in [-0.3, -0.25) is 20.0 Å². The van der Waals surface area contributed by atoms with Crippen LogP contribution in [0.25, 0.3) is 11.1 Å². The maximum absolute atomic E-state index is 12.6. The molecule has 0 saturated heterocycles. The van der Waals surface area contributed by atoms with Crippen molar-refractivity contribution in [3.63, 3.8) is 0 Å². The first kappa shape index (κ1) is 24.0. The summed E-state index contributed by atoms with van der Waals surface area (Å²) in [6.45, 7) is 6.48. The van der Waals surface area contributed by atoms with Gasteiger partial charge < -0.3 is 15.2 Å². The predicted octanol–water partition coefficient (Wildman–Crippen LogP) is 4.39. The molecule has 0 fully saturated rings. The molecule has 0 spiro atoms. The highest BCUT2D eigenvalue weighted by Gasteiger charge is 2.44. The Morgan fingerprint density at radius 3 is 2.14 bits per heavy atom. The van der Waals surface area contributed by atoms with Gasteiger partial charge in [0.15, 0.2) is 5.82 Å². The van der Waals surface area contributed by atoms with Gasteiger partial charge in [0.1, 0.15) is 12.3 Å². The van der Waals surface area contributed by atoms with Crippen molar-refractivity contribution in [1.29, 1.82) is 0 Å². The van der Waals surface area contributed by atoms with E-state index in [9.17, 15) is 19.5 Å². The summed E-state index contributed by atoms with van der Waals surface area (Å²) < 4.78 is 5.50. The molecule has 0 bridgehead atoms. The highest BCUT2D eigenvalue weighted by Crippen LogP contribution is 2.44. The molecule has 0 saturated carbocycles. The molecule has 0 aliphatic heterocycles. The summed E-state index contributed by atoms with van der Waals surface area (Å²) in [5.74, 6) is -1.54. The minimum absolute atomic E-state index is 0.0755. The normalized spacial score (nSPS) is 13.0. The third-order valence-electron chi connectivity index (χ3n) is 6.92. The van der Waals surface area contributed by atoms with Crippen molar-refractivity contribution < 1.29 is 24.2 Å². The number of ether oxygens (including phenoxy) is 1. The van der Waals surface area contributed by atoms with Crippen LogP contribution in [-0.2, 0) is 9.53 Å². The number of aromatic nitrogens is 2. The number of amides is 2. The lowest BCUT2D eigenvalue weighted by molar-refractivity contribution is -0.150. The van der Waals surface area contributed by atoms with Crippen molar-refractivity contribution in [2.75, 3.05) is 11.9 Å². The molecule has 0 radical (unpaired) electrons. The van der Waals surface area contributed by atoms with E-state index >= 15 is 0 Å². The van der Waals surface area contributed by atoms with E-state index in [0.717, 1.165) is 22.3 Å². The van der Waals surface area contributed by atoms with Crippen molar-refractivity contribution in [3.8, 4) is 11.1 Å². The molecule has 1 aromatic heterocycles. The van der Waals surface area contributed by atoms with Crippen LogP contribution in [0.15, 0.2) is 54.6 Å². The average molecular weight is 477 g/mol. The molecular weight excluding hydrogens is 448 g/mol. The van der Waals surface area contributed by atoms with Gasteiger partial charge >= 0.3 is 12.1 Å². The molecule has 4 N–H and O–H groups in total. The Kier molecular flexibility index (Phi) is 6.10. The lowest BCUT2D eigenvalue weighted by atomic mass is 9.74. The summed E-state index contributed by atoms with van der Waals surface area (Å²) in [4.78, 5) is 36.7. The standard InChI is InChI=1S/C26H28N4O5/c1-25(2,23(32)33)26(3,4)28-22(31)20-13-21(30-29-20)27-24(34)35-14-19-17-11-7-5-9-15(17)16-10-6-8-12-18(16)19/h5-13,19H,14H2,1-4H3,(H,28,31)(H,32,33)(H2,27,29,30,34). The Bertz CT molecular complexity index is 1250. The van der Waals surface area contributed by atoms with Crippen LogP contribution in [0.5, 0.6) is 0 Å². The van der Waals surface area contributed by atoms with Crippen LogP contribution in [0.3, 0.4) is 0 Å². The highest BCUT2D eigenvalue weighted by atomic mass is 16.5. The minimum Gasteiger partial charge on any atom is -0.481 e. The van der Waals surface area contributed by atoms with Crippen molar-refractivity contribution in [3.05, 3.63) is 71.4 Å². The summed E-state index contributed by atoms with van der Waals surface area (Å²) in [6.07, 6.45) is -0.697. The van der Waals surface area contributed by atoms with Gasteiger partial charge in [0.05, 0.1) is 11.0 Å². The Morgan fingerprint density at radius 1 is 1.00 bits per heavy atom. The van der Waals surface area contributed by atoms with Crippen LogP contribution >= 0.6 is 0 Å². The largest absolute Gasteiger partial charge is 0.481 e. The number of carbonyl (C=O) groups is 3. The summed E-state index contributed by atoms with van der Waals surface area (Å²) in [6, 6.07) is 17.5. The third-order valence-corrected chi connectivity index (χ3v) is 6.92. The zero-order valence-electron chi connectivity index (χ0n) is 20.0. The first-order chi connectivity index (χ1) is 16.5. The Morgan fingerprint density at radius 2 is 1.57 bits per heavy atom. The molecule has 3 aromatic rings. The number of anilines is 1. The van der Waals surface area contributed by atoms with Gasteiger partial charge in [0.25, 0.3) is 5.91 Å². The van der Waals surface area contributed by atoms with E-state index in [1.54, 1.807) is 13.8 Å². The topological polar surface area (TPSA) is 133 Å². The number of carbonyl (C=O) groups excluding carboxylic acids is 2. The molecule has 0 atom stereocenters. The molecule has 1 heterocycles. The molecule has 35 heavy (non-hydrogen) atoms. The number of hydrogen-bond acceptors (Lipinski definition) is 5. The van der Waals surface area contributed by atoms with Crippen LogP contribution in [0.1, 0.15) is 55.2 Å². The van der Waals surface area contributed by atoms with Crippen LogP contribution in [0.2, 0.25) is 0 Å². The lowest BCUT2D eigenvalue weighted by Gasteiger charge is -2.38. The second kappa shape index (κ2) is 8.90. The Balaban J connectivity index is 1.38. The number of hydrogen-bond donors (Lipinski definition) is 4. The van der Waals surface area contributed by atoms with Gasteiger partial charge in [-0.15, -0.1) is 0 Å². The van der Waals surface area contributed by atoms with E-state index in [4.69, 9.17) is 4.74 Å². The molecule has 2 aromatic carbocycles. The first-order valence-corrected chi connectivity index (χ1v) is 11.2. The number of benzene rings is 2. The molecule has 1 aliphatic rings. The number of aromatic amines is 1. The quantitative estimate of drug-likeness (QED) is 0.400. The van der Waals surface area contributed by atoms with E-state index in [2.05, 4.69) is 33.0 Å². The SMILES string of the molecule is CC(C)(NC(=O)c1cc(NC(=O)OCC2c3ccccc3-c3ccccc32)n[nH]1)C(C)(C)C(=O)O. The molecule has 9 nitrogen and oxygen atoms in total. The second-order valence-corrected chi connectivity index (χ2v) is 9.63. The van der Waals surface area contributed by atoms with E-state index < -0.39 is 28.9 Å². The lowest BCUT2D eigenvalue weighted by Crippen LogP contribution is -2.57. The fraction of sp³-hybridized carbons (Fsp3) is 0.308. The van der Waals surface area contributed by atoms with Crippen molar-refractivity contribution in [1.82, 2.24) is 15.5 Å². The molecule has 0 unspecified atom stereocenters. The second-order valence-electron chi connectivity index (χ2n) is 9.63. The van der Waals surface area contributed by atoms with E-state index in [-0.39, 0.29) is 24.0 Å². The van der Waals surface area contributed by atoms with Crippen LogP contribution in [0, 0.1) is 5.41 Å². The van der Waals surface area contributed by atoms with Gasteiger partial charge in [-0.25, -0.2) is 4.79 Å². The maximum atomic E-state index is 12.6. The highest BCUT2D eigenvalue weighted by molar-refractivity contribution is 5.95. The van der Waals surface area contributed by atoms with Crippen molar-refractivity contribution in [2.24, 2.45) is 5.41 Å². The number of rotatable bonds is 7. The summed E-state index contributed by atoms with van der Waals surface area (Å²) >= 11 is 0. The molecule has 4 rings (SSSR count). The fourth-order valence-electron chi connectivity index (χ4n) is 4.02. The number of carboxylic acid groups (broad SMARTS) is 1. The van der Waals surface area contributed by atoms with Gasteiger partial charge in [0.2, 0.25) is 0 Å². The van der Waals surface area contributed by atoms with Crippen molar-refractivity contribution >= 4 is 23.8 Å². The van der Waals surface area contributed by atoms with Crippen LogP contribution in [0.4, 0.5) is 10.6 Å². The molecule has 1 aliphatic carbocycles. The monoisotopic (exact) mass is 476 g/mol.